The predicted molar refractivity (Wildman–Crippen MR) is 444 cm³/mol. The summed E-state index contributed by atoms with van der Waals surface area (Å²) in [6.45, 7) is 0. The topological polar surface area (TPSA) is 184 Å². The largest absolute Gasteiger partial charge is 0.354 e. The van der Waals surface area contributed by atoms with Gasteiger partial charge in [-0.25, -0.2) is 29.9 Å². The highest BCUT2D eigenvalue weighted by atomic mass is 79.9. The van der Waals surface area contributed by atoms with Gasteiger partial charge in [-0.05, 0) is 104 Å². The van der Waals surface area contributed by atoms with E-state index >= 15 is 0 Å². The molecule has 15 heteroatoms. The van der Waals surface area contributed by atoms with Crippen molar-refractivity contribution in [1.29, 1.82) is 0 Å². The van der Waals surface area contributed by atoms with Crippen LogP contribution in [-0.2, 0) is 0 Å². The lowest BCUT2D eigenvalue weighted by Gasteiger charge is -2.14. The second-order valence-corrected chi connectivity index (χ2v) is 27.1. The molecule has 0 amide bonds. The standard InChI is InChI=1S/C47H29N5O2.C26H16N2O2.C21H14BrN3/c53-52(54)44-37-24-10-8-22-35(37)34-21-7-9-23-36(34)43(44)39-26-14-28-41-42(39)38-25-11-12-27-40(38)51(41)33-20-13-19-32(29-33)47-49-45(30-15-3-1-4-16-30)48-46(50-47)31-17-5-2-6-18-31;29-28(30)26-19-11-4-2-9-17(19)16-8-1-3-10-18(16)25(26)21-13-7-15-23-24(21)20-12-5-6-14-22(20)27-23;22-18-13-7-12-17(14-18)21-24-19(15-8-3-1-4-9-15)23-20(25-21)16-10-5-2-6-11-16/h1-29H;1-15,27H;1-14H. The normalized spacial score (nSPS) is 11.3. The van der Waals surface area contributed by atoms with E-state index in [2.05, 4.69) is 66.9 Å². The fraction of sp³-hybridized carbons (Fsp3) is 0. The maximum absolute atomic E-state index is 13.1. The van der Waals surface area contributed by atoms with Crippen LogP contribution in [0.4, 0.5) is 11.4 Å². The van der Waals surface area contributed by atoms with Gasteiger partial charge in [0.15, 0.2) is 34.9 Å². The van der Waals surface area contributed by atoms with Gasteiger partial charge in [0.2, 0.25) is 0 Å². The summed E-state index contributed by atoms with van der Waals surface area (Å²) in [5, 5.41) is 36.2. The molecule has 20 aromatic rings. The molecule has 0 aliphatic rings. The van der Waals surface area contributed by atoms with Gasteiger partial charge < -0.3 is 9.55 Å². The van der Waals surface area contributed by atoms with Crippen LogP contribution in [0.15, 0.2) is 356 Å². The lowest BCUT2D eigenvalue weighted by Crippen LogP contribution is -2.01. The van der Waals surface area contributed by atoms with Crippen molar-refractivity contribution in [1.82, 2.24) is 39.5 Å². The summed E-state index contributed by atoms with van der Waals surface area (Å²) in [5.41, 5.74) is 13.6. The number of nitro benzene ring substituents is 2. The van der Waals surface area contributed by atoms with Crippen LogP contribution >= 0.6 is 15.9 Å². The average molecular weight is 1470 g/mol. The first kappa shape index (κ1) is 66.4. The number of H-pyrrole nitrogens is 1. The Morgan fingerprint density at radius 2 is 0.596 bits per heavy atom. The van der Waals surface area contributed by atoms with Crippen LogP contribution in [0.25, 0.3) is 183 Å². The fourth-order valence-corrected chi connectivity index (χ4v) is 15.5. The Morgan fingerprint density at radius 1 is 0.275 bits per heavy atom. The molecular formula is C94H59BrN10O4. The third-order valence-corrected chi connectivity index (χ3v) is 20.3. The summed E-state index contributed by atoms with van der Waals surface area (Å²) in [6.07, 6.45) is 0. The summed E-state index contributed by atoms with van der Waals surface area (Å²) in [5.74, 6) is 3.75. The minimum absolute atomic E-state index is 0.105. The molecule has 0 aliphatic heterocycles. The van der Waals surface area contributed by atoms with Gasteiger partial charge in [0.25, 0.3) is 11.4 Å². The molecule has 516 valence electrons. The summed E-state index contributed by atoms with van der Waals surface area (Å²) < 4.78 is 3.22. The molecule has 0 saturated carbocycles. The first-order valence-corrected chi connectivity index (χ1v) is 36.3. The molecule has 0 fully saturated rings. The Bertz CT molecular complexity index is 6840. The number of aromatic amines is 1. The molecule has 0 unspecified atom stereocenters. The maximum Gasteiger partial charge on any atom is 0.285 e. The number of rotatable bonds is 11. The number of para-hydroxylation sites is 2. The smallest absolute Gasteiger partial charge is 0.285 e. The quantitative estimate of drug-likeness (QED) is 0.0742. The van der Waals surface area contributed by atoms with Crippen molar-refractivity contribution in [2.45, 2.75) is 0 Å². The van der Waals surface area contributed by atoms with Crippen molar-refractivity contribution in [2.75, 3.05) is 0 Å². The number of nitrogens with one attached hydrogen (secondary N) is 1. The van der Waals surface area contributed by atoms with Crippen molar-refractivity contribution in [2.24, 2.45) is 0 Å². The molecular weight excluding hydrogens is 1410 g/mol. The van der Waals surface area contributed by atoms with E-state index in [9.17, 15) is 20.2 Å². The lowest BCUT2D eigenvalue weighted by molar-refractivity contribution is -0.382. The molecule has 4 heterocycles. The van der Waals surface area contributed by atoms with Crippen LogP contribution in [0.3, 0.4) is 0 Å². The number of hydrogen-bond acceptors (Lipinski definition) is 10. The molecule has 0 atom stereocenters. The molecule has 0 saturated heterocycles. The van der Waals surface area contributed by atoms with Gasteiger partial charge in [-0.1, -0.05) is 307 Å². The highest BCUT2D eigenvalue weighted by Gasteiger charge is 2.29. The Labute approximate surface area is 632 Å². The number of aromatic nitrogens is 8. The van der Waals surface area contributed by atoms with E-state index in [1.807, 2.05) is 315 Å². The number of nitro groups is 2. The summed E-state index contributed by atoms with van der Waals surface area (Å²) in [7, 11) is 0. The first-order valence-electron chi connectivity index (χ1n) is 35.5. The van der Waals surface area contributed by atoms with Gasteiger partial charge in [0.05, 0.1) is 42.8 Å². The number of nitrogens with zero attached hydrogens (tertiary/aromatic N) is 9. The van der Waals surface area contributed by atoms with E-state index in [1.165, 1.54) is 0 Å². The van der Waals surface area contributed by atoms with Gasteiger partial charge >= 0.3 is 0 Å². The molecule has 0 radical (unpaired) electrons. The van der Waals surface area contributed by atoms with E-state index in [4.69, 9.17) is 24.9 Å². The van der Waals surface area contributed by atoms with E-state index in [1.54, 1.807) is 0 Å². The Hall–Kier alpha value is -14.5. The van der Waals surface area contributed by atoms with Gasteiger partial charge in [-0.15, -0.1) is 0 Å². The zero-order valence-corrected chi connectivity index (χ0v) is 59.6. The molecule has 16 aromatic carbocycles. The van der Waals surface area contributed by atoms with Crippen LogP contribution in [0.2, 0.25) is 0 Å². The molecule has 14 nitrogen and oxygen atoms in total. The van der Waals surface area contributed by atoms with Crippen molar-refractivity contribution >= 4 is 114 Å². The Morgan fingerprint density at radius 3 is 1.06 bits per heavy atom. The highest BCUT2D eigenvalue weighted by molar-refractivity contribution is 9.10. The lowest BCUT2D eigenvalue weighted by atomic mass is 9.89. The zero-order valence-electron chi connectivity index (χ0n) is 58.0. The molecule has 20 rings (SSSR count). The molecule has 109 heavy (non-hydrogen) atoms. The van der Waals surface area contributed by atoms with Crippen molar-refractivity contribution in [3.05, 3.63) is 377 Å². The van der Waals surface area contributed by atoms with Crippen molar-refractivity contribution in [3.8, 4) is 96.3 Å². The fourth-order valence-electron chi connectivity index (χ4n) is 15.1. The number of halogens is 1. The summed E-state index contributed by atoms with van der Waals surface area (Å²) in [6, 6.07) is 116. The van der Waals surface area contributed by atoms with Crippen molar-refractivity contribution < 1.29 is 9.85 Å². The van der Waals surface area contributed by atoms with Gasteiger partial charge in [-0.2, -0.15) is 0 Å². The van der Waals surface area contributed by atoms with E-state index < -0.39 is 0 Å². The van der Waals surface area contributed by atoms with Crippen LogP contribution in [0.5, 0.6) is 0 Å². The van der Waals surface area contributed by atoms with Gasteiger partial charge in [0, 0.05) is 76.1 Å². The first-order chi connectivity index (χ1) is 53.7. The Balaban J connectivity index is 0.000000127. The molecule has 0 spiro atoms. The number of benzene rings is 16. The van der Waals surface area contributed by atoms with E-state index in [0.717, 1.165) is 131 Å². The van der Waals surface area contributed by atoms with Crippen LogP contribution < -0.4 is 0 Å². The number of hydrogen-bond donors (Lipinski definition) is 1. The average Bonchev–Trinajstić information content (AvgIpc) is 1.68. The summed E-state index contributed by atoms with van der Waals surface area (Å²) in [4.78, 5) is 57.4. The van der Waals surface area contributed by atoms with E-state index in [-0.39, 0.29) is 21.2 Å². The Kier molecular flexibility index (Phi) is 17.4. The van der Waals surface area contributed by atoms with Gasteiger partial charge in [-0.3, -0.25) is 20.2 Å². The zero-order chi connectivity index (χ0) is 73.5. The molecule has 0 aliphatic carbocycles. The van der Waals surface area contributed by atoms with Crippen LogP contribution in [0, 0.1) is 20.2 Å². The molecule has 4 aromatic heterocycles. The third-order valence-electron chi connectivity index (χ3n) is 19.8. The van der Waals surface area contributed by atoms with Crippen molar-refractivity contribution in [3.63, 3.8) is 0 Å². The monoisotopic (exact) mass is 1470 g/mol. The minimum atomic E-state index is -0.238. The molecule has 0 bridgehead atoms. The van der Waals surface area contributed by atoms with Crippen LogP contribution in [0.1, 0.15) is 0 Å². The third kappa shape index (κ3) is 12.4. The van der Waals surface area contributed by atoms with E-state index in [0.29, 0.717) is 56.8 Å². The SMILES string of the molecule is Brc1cccc(-c2nc(-c3ccccc3)nc(-c3ccccc3)n2)c1.O=[N+]([O-])c1c(-c2cccc3[nH]c4ccccc4c23)c2ccccc2c2ccccc12.O=[N+]([O-])c1c(-c2cccc3c2c2ccccc2n3-c2cccc(-c3nc(-c4ccccc4)nc(-c4ccccc4)n3)c2)c2ccccc2c2ccccc12. The highest BCUT2D eigenvalue weighted by Crippen LogP contribution is 2.50. The van der Waals surface area contributed by atoms with Crippen LogP contribution in [-0.4, -0.2) is 49.3 Å². The summed E-state index contributed by atoms with van der Waals surface area (Å²) >= 11 is 3.52. The minimum Gasteiger partial charge on any atom is -0.354 e. The number of fused-ring (bicyclic) bond motifs is 12. The second kappa shape index (κ2) is 28.5. The maximum atomic E-state index is 13.1. The molecule has 1 N–H and O–H groups in total. The predicted octanol–water partition coefficient (Wildman–Crippen LogP) is 24.7. The second-order valence-electron chi connectivity index (χ2n) is 26.2. The van der Waals surface area contributed by atoms with Gasteiger partial charge in [0.1, 0.15) is 0 Å².